The van der Waals surface area contributed by atoms with Crippen LogP contribution in [0.2, 0.25) is 0 Å². The van der Waals surface area contributed by atoms with Crippen molar-refractivity contribution in [2.45, 2.75) is 19.3 Å². The molecule has 1 aliphatic carbocycles. The summed E-state index contributed by atoms with van der Waals surface area (Å²) >= 11 is 1.76. The van der Waals surface area contributed by atoms with Gasteiger partial charge in [0.15, 0.2) is 17.5 Å². The molecule has 0 spiro atoms. The van der Waals surface area contributed by atoms with Crippen LogP contribution in [0.5, 0.6) is 0 Å². The van der Waals surface area contributed by atoms with Crippen molar-refractivity contribution in [3.8, 4) is 45.3 Å². The average Bonchev–Trinajstić information content (AvgIpc) is 3.76. The molecule has 0 N–H and O–H groups in total. The first-order chi connectivity index (χ1) is 23.1. The van der Waals surface area contributed by atoms with E-state index in [-0.39, 0.29) is 5.41 Å². The van der Waals surface area contributed by atoms with E-state index in [1.165, 1.54) is 27.0 Å². The van der Waals surface area contributed by atoms with Crippen molar-refractivity contribution in [1.29, 1.82) is 0 Å². The van der Waals surface area contributed by atoms with Crippen LogP contribution in [-0.2, 0) is 5.41 Å². The molecule has 0 fully saturated rings. The van der Waals surface area contributed by atoms with Gasteiger partial charge in [0.05, 0.1) is 0 Å². The van der Waals surface area contributed by atoms with Gasteiger partial charge in [-0.2, -0.15) is 0 Å². The Bertz CT molecular complexity index is 2650. The molecule has 0 bridgehead atoms. The van der Waals surface area contributed by atoms with Gasteiger partial charge in [-0.3, -0.25) is 0 Å². The van der Waals surface area contributed by atoms with Crippen molar-refractivity contribution in [3.63, 3.8) is 0 Å². The third-order valence-electron chi connectivity index (χ3n) is 9.75. The molecular formula is C42H27N3OS. The lowest BCUT2D eigenvalue weighted by atomic mass is 9.82. The van der Waals surface area contributed by atoms with Crippen molar-refractivity contribution in [1.82, 2.24) is 15.0 Å². The molecular weight excluding hydrogens is 595 g/mol. The Labute approximate surface area is 275 Å². The van der Waals surface area contributed by atoms with Gasteiger partial charge in [0.25, 0.3) is 0 Å². The minimum Gasteiger partial charge on any atom is -0.455 e. The minimum atomic E-state index is -0.0832. The molecule has 9 aromatic rings. The van der Waals surface area contributed by atoms with Gasteiger partial charge in [-0.05, 0) is 34.9 Å². The Kier molecular flexibility index (Phi) is 5.47. The van der Waals surface area contributed by atoms with Crippen LogP contribution in [0.3, 0.4) is 0 Å². The lowest BCUT2D eigenvalue weighted by molar-refractivity contribution is 0.654. The second-order valence-electron chi connectivity index (χ2n) is 12.8. The second kappa shape index (κ2) is 9.68. The van der Waals surface area contributed by atoms with E-state index in [0.29, 0.717) is 17.5 Å². The van der Waals surface area contributed by atoms with E-state index in [2.05, 4.69) is 80.6 Å². The smallest absolute Gasteiger partial charge is 0.165 e. The highest BCUT2D eigenvalue weighted by molar-refractivity contribution is 7.26. The van der Waals surface area contributed by atoms with Crippen LogP contribution in [0.4, 0.5) is 0 Å². The molecule has 222 valence electrons. The van der Waals surface area contributed by atoms with Gasteiger partial charge >= 0.3 is 0 Å². The van der Waals surface area contributed by atoms with Gasteiger partial charge in [0, 0.05) is 58.6 Å². The molecule has 0 radical (unpaired) electrons. The van der Waals surface area contributed by atoms with E-state index in [0.717, 1.165) is 54.1 Å². The third-order valence-corrected chi connectivity index (χ3v) is 11.0. The maximum absolute atomic E-state index is 6.99. The molecule has 1 aliphatic rings. The number of rotatable bonds is 3. The normalized spacial score (nSPS) is 13.5. The Hall–Kier alpha value is -5.65. The number of hydrogen-bond acceptors (Lipinski definition) is 5. The van der Waals surface area contributed by atoms with E-state index in [1.54, 1.807) is 11.3 Å². The van der Waals surface area contributed by atoms with Crippen molar-refractivity contribution in [2.24, 2.45) is 0 Å². The van der Waals surface area contributed by atoms with E-state index in [1.807, 2.05) is 60.7 Å². The quantitative estimate of drug-likeness (QED) is 0.197. The molecule has 0 saturated heterocycles. The number of nitrogens with zero attached hydrogens (tertiary/aromatic N) is 3. The van der Waals surface area contributed by atoms with Gasteiger partial charge in [0.1, 0.15) is 11.2 Å². The van der Waals surface area contributed by atoms with Crippen molar-refractivity contribution >= 4 is 53.4 Å². The van der Waals surface area contributed by atoms with Crippen LogP contribution < -0.4 is 0 Å². The topological polar surface area (TPSA) is 51.8 Å². The van der Waals surface area contributed by atoms with Gasteiger partial charge < -0.3 is 4.42 Å². The van der Waals surface area contributed by atoms with Gasteiger partial charge in [0.2, 0.25) is 0 Å². The molecule has 4 nitrogen and oxygen atoms in total. The highest BCUT2D eigenvalue weighted by Gasteiger charge is 2.37. The molecule has 0 aliphatic heterocycles. The predicted octanol–water partition coefficient (Wildman–Crippen LogP) is 11.4. The highest BCUT2D eigenvalue weighted by atomic mass is 32.1. The summed E-state index contributed by atoms with van der Waals surface area (Å²) in [5.74, 6) is 1.97. The fraction of sp³-hybridized carbons (Fsp3) is 0.0714. The molecule has 0 saturated carbocycles. The van der Waals surface area contributed by atoms with Gasteiger partial charge in [-0.1, -0.05) is 123 Å². The summed E-state index contributed by atoms with van der Waals surface area (Å²) in [7, 11) is 0. The molecule has 47 heavy (non-hydrogen) atoms. The highest BCUT2D eigenvalue weighted by Crippen LogP contribution is 2.53. The zero-order chi connectivity index (χ0) is 31.3. The molecule has 5 heteroatoms. The summed E-state index contributed by atoms with van der Waals surface area (Å²) in [6.07, 6.45) is 0. The monoisotopic (exact) mass is 621 g/mol. The average molecular weight is 622 g/mol. The van der Waals surface area contributed by atoms with E-state index in [4.69, 9.17) is 19.4 Å². The fourth-order valence-corrected chi connectivity index (χ4v) is 8.67. The molecule has 3 heterocycles. The number of aromatic nitrogens is 3. The van der Waals surface area contributed by atoms with Crippen LogP contribution in [0.15, 0.2) is 132 Å². The first-order valence-electron chi connectivity index (χ1n) is 15.9. The molecule has 0 amide bonds. The molecule has 10 rings (SSSR count). The number of hydrogen-bond donors (Lipinski definition) is 0. The van der Waals surface area contributed by atoms with Crippen LogP contribution in [-0.4, -0.2) is 15.0 Å². The maximum Gasteiger partial charge on any atom is 0.165 e. The maximum atomic E-state index is 6.99. The molecule has 6 aromatic carbocycles. The van der Waals surface area contributed by atoms with E-state index < -0.39 is 0 Å². The first kappa shape index (κ1) is 26.6. The number of thiophene rings is 1. The summed E-state index contributed by atoms with van der Waals surface area (Å²) in [6.45, 7) is 4.62. The zero-order valence-electron chi connectivity index (χ0n) is 25.8. The summed E-state index contributed by atoms with van der Waals surface area (Å²) in [5.41, 5.74) is 9.87. The SMILES string of the molecule is CC1(C)c2ccccc2-c2c1ccc1c2oc2c1ccc1sc3c(-c4nc(-c5ccccc5)nc(-c5ccccc5)n4)cccc3c12. The van der Waals surface area contributed by atoms with Crippen LogP contribution in [0.25, 0.3) is 87.4 Å². The van der Waals surface area contributed by atoms with Crippen molar-refractivity contribution in [3.05, 3.63) is 139 Å². The van der Waals surface area contributed by atoms with Gasteiger partial charge in [-0.15, -0.1) is 11.3 Å². The van der Waals surface area contributed by atoms with Crippen LogP contribution in [0, 0.1) is 0 Å². The Balaban J connectivity index is 1.23. The zero-order valence-corrected chi connectivity index (χ0v) is 26.6. The van der Waals surface area contributed by atoms with Crippen molar-refractivity contribution in [2.75, 3.05) is 0 Å². The minimum absolute atomic E-state index is 0.0832. The van der Waals surface area contributed by atoms with Crippen molar-refractivity contribution < 1.29 is 4.42 Å². The Morgan fingerprint density at radius 2 is 1.13 bits per heavy atom. The predicted molar refractivity (Wildman–Crippen MR) is 194 cm³/mol. The summed E-state index contributed by atoms with van der Waals surface area (Å²) in [5, 5.41) is 4.58. The Morgan fingerprint density at radius 3 is 1.87 bits per heavy atom. The fourth-order valence-electron chi connectivity index (χ4n) is 7.46. The largest absolute Gasteiger partial charge is 0.455 e. The summed E-state index contributed by atoms with van der Waals surface area (Å²) in [4.78, 5) is 15.0. The number of fused-ring (bicyclic) bond motifs is 11. The molecule has 0 atom stereocenters. The van der Waals surface area contributed by atoms with Crippen LogP contribution in [0.1, 0.15) is 25.0 Å². The van der Waals surface area contributed by atoms with E-state index >= 15 is 0 Å². The van der Waals surface area contributed by atoms with Gasteiger partial charge in [-0.25, -0.2) is 15.0 Å². The second-order valence-corrected chi connectivity index (χ2v) is 13.8. The summed E-state index contributed by atoms with van der Waals surface area (Å²) < 4.78 is 9.30. The van der Waals surface area contributed by atoms with E-state index in [9.17, 15) is 0 Å². The number of furan rings is 1. The standard InChI is InChI=1S/C42H27N3OS/c1-42(2)31-19-10-9-16-28(31)34-32(42)22-20-26-27-21-23-33-35(37(27)46-36(26)34)29-17-11-18-30(38(29)47-33)41-44-39(24-12-5-3-6-13-24)43-40(45-41)25-14-7-4-8-15-25/h3-23H,1-2H3. The molecule has 0 unspecified atom stereocenters. The molecule has 3 aromatic heterocycles. The third kappa shape index (κ3) is 3.78. The lowest BCUT2D eigenvalue weighted by Gasteiger charge is -2.21. The van der Waals surface area contributed by atoms with Crippen LogP contribution >= 0.6 is 11.3 Å². The lowest BCUT2D eigenvalue weighted by Crippen LogP contribution is -2.14. The Morgan fingerprint density at radius 1 is 0.511 bits per heavy atom. The number of benzene rings is 6. The first-order valence-corrected chi connectivity index (χ1v) is 16.7. The summed E-state index contributed by atoms with van der Waals surface area (Å²) in [6, 6.07) is 44.5.